The van der Waals surface area contributed by atoms with E-state index in [1.165, 1.54) is 45.3 Å². The molecule has 20 heavy (non-hydrogen) atoms. The zero-order chi connectivity index (χ0) is 14.2. The van der Waals surface area contributed by atoms with Gasteiger partial charge in [0.25, 0.3) is 0 Å². The molecule has 0 atom stereocenters. The number of aryl methyl sites for hydroxylation is 1. The summed E-state index contributed by atoms with van der Waals surface area (Å²) in [6.45, 7) is 10.5. The van der Waals surface area contributed by atoms with E-state index in [1.54, 1.807) is 11.1 Å². The molecule has 1 aliphatic rings. The van der Waals surface area contributed by atoms with Gasteiger partial charge in [0.2, 0.25) is 0 Å². The van der Waals surface area contributed by atoms with Crippen LogP contribution < -0.4 is 5.32 Å². The van der Waals surface area contributed by atoms with Gasteiger partial charge in [0.1, 0.15) is 0 Å². The molecule has 1 aromatic rings. The Hall–Kier alpha value is -0.860. The van der Waals surface area contributed by atoms with E-state index in [9.17, 15) is 0 Å². The van der Waals surface area contributed by atoms with E-state index in [4.69, 9.17) is 0 Å². The lowest BCUT2D eigenvalue weighted by molar-refractivity contribution is 0.263. The minimum absolute atomic E-state index is 0.761. The van der Waals surface area contributed by atoms with Crippen LogP contribution in [0.3, 0.4) is 0 Å². The summed E-state index contributed by atoms with van der Waals surface area (Å²) < 4.78 is 0. The highest BCUT2D eigenvalue weighted by Crippen LogP contribution is 2.18. The minimum atomic E-state index is 0.761. The van der Waals surface area contributed by atoms with Gasteiger partial charge in [0.15, 0.2) is 0 Å². The number of rotatable bonds is 7. The standard InChI is InChI=1S/C18H30N2/c1-16(2)14-19-11-5-6-12-20-13-7-10-17-8-3-4-9-18(17)15-20/h3-4,8-9,16,19H,5-7,10-15H2,1-2H3. The van der Waals surface area contributed by atoms with Gasteiger partial charge in [-0.3, -0.25) is 4.90 Å². The van der Waals surface area contributed by atoms with Gasteiger partial charge in [-0.1, -0.05) is 38.1 Å². The van der Waals surface area contributed by atoms with Crippen molar-refractivity contribution in [3.8, 4) is 0 Å². The van der Waals surface area contributed by atoms with Gasteiger partial charge in [-0.25, -0.2) is 0 Å². The van der Waals surface area contributed by atoms with E-state index in [0.29, 0.717) is 0 Å². The second-order valence-electron chi connectivity index (χ2n) is 6.45. The Morgan fingerprint density at radius 1 is 1.15 bits per heavy atom. The molecule has 0 saturated heterocycles. The molecule has 2 nitrogen and oxygen atoms in total. The van der Waals surface area contributed by atoms with E-state index in [1.807, 2.05) is 0 Å². The lowest BCUT2D eigenvalue weighted by Crippen LogP contribution is -2.26. The first-order chi connectivity index (χ1) is 9.75. The quantitative estimate of drug-likeness (QED) is 0.766. The van der Waals surface area contributed by atoms with Crippen molar-refractivity contribution in [2.45, 2.75) is 46.1 Å². The monoisotopic (exact) mass is 274 g/mol. The number of hydrogen-bond acceptors (Lipinski definition) is 2. The molecule has 0 aromatic heterocycles. The molecule has 0 fully saturated rings. The molecule has 0 radical (unpaired) electrons. The highest BCUT2D eigenvalue weighted by molar-refractivity contribution is 5.27. The Kier molecular flexibility index (Phi) is 6.55. The van der Waals surface area contributed by atoms with Crippen molar-refractivity contribution >= 4 is 0 Å². The largest absolute Gasteiger partial charge is 0.316 e. The van der Waals surface area contributed by atoms with Crippen LogP contribution in [0.15, 0.2) is 24.3 Å². The van der Waals surface area contributed by atoms with E-state index in [0.717, 1.165) is 19.0 Å². The predicted octanol–water partition coefficient (Wildman–Crippen LogP) is 3.46. The molecule has 1 aliphatic heterocycles. The number of benzene rings is 1. The summed E-state index contributed by atoms with van der Waals surface area (Å²) >= 11 is 0. The van der Waals surface area contributed by atoms with Gasteiger partial charge in [-0.15, -0.1) is 0 Å². The van der Waals surface area contributed by atoms with E-state index < -0.39 is 0 Å². The van der Waals surface area contributed by atoms with Crippen molar-refractivity contribution in [2.75, 3.05) is 26.2 Å². The first-order valence-electron chi connectivity index (χ1n) is 8.25. The first-order valence-corrected chi connectivity index (χ1v) is 8.25. The molecule has 0 spiro atoms. The van der Waals surface area contributed by atoms with Crippen LogP contribution in [0.2, 0.25) is 0 Å². The van der Waals surface area contributed by atoms with Crippen LogP contribution in [-0.2, 0) is 13.0 Å². The van der Waals surface area contributed by atoms with Crippen LogP contribution in [0, 0.1) is 5.92 Å². The molecule has 0 bridgehead atoms. The smallest absolute Gasteiger partial charge is 0.0236 e. The number of nitrogens with one attached hydrogen (secondary N) is 1. The Balaban J connectivity index is 1.67. The van der Waals surface area contributed by atoms with Crippen LogP contribution in [0.5, 0.6) is 0 Å². The van der Waals surface area contributed by atoms with Crippen molar-refractivity contribution in [2.24, 2.45) is 5.92 Å². The maximum absolute atomic E-state index is 3.53. The van der Waals surface area contributed by atoms with Crippen LogP contribution in [0.1, 0.15) is 44.2 Å². The van der Waals surface area contributed by atoms with Crippen LogP contribution in [0.25, 0.3) is 0 Å². The Morgan fingerprint density at radius 2 is 1.95 bits per heavy atom. The van der Waals surface area contributed by atoms with Gasteiger partial charge in [-0.2, -0.15) is 0 Å². The van der Waals surface area contributed by atoms with Crippen molar-refractivity contribution < 1.29 is 0 Å². The number of unbranched alkanes of at least 4 members (excludes halogenated alkanes) is 1. The Bertz CT molecular complexity index is 387. The average Bonchev–Trinajstić information content (AvgIpc) is 2.64. The van der Waals surface area contributed by atoms with Crippen LogP contribution in [-0.4, -0.2) is 31.1 Å². The minimum Gasteiger partial charge on any atom is -0.316 e. The van der Waals surface area contributed by atoms with Crippen LogP contribution >= 0.6 is 0 Å². The molecule has 0 unspecified atom stereocenters. The SMILES string of the molecule is CC(C)CNCCCCN1CCCc2ccccc2C1. The molecule has 0 saturated carbocycles. The molecule has 1 N–H and O–H groups in total. The molecule has 0 amide bonds. The maximum Gasteiger partial charge on any atom is 0.0236 e. The lowest BCUT2D eigenvalue weighted by Gasteiger charge is -2.20. The summed E-state index contributed by atoms with van der Waals surface area (Å²) in [5.74, 6) is 0.761. The van der Waals surface area contributed by atoms with Gasteiger partial charge in [0, 0.05) is 6.54 Å². The summed E-state index contributed by atoms with van der Waals surface area (Å²) in [7, 11) is 0. The van der Waals surface area contributed by atoms with E-state index in [2.05, 4.69) is 48.3 Å². The summed E-state index contributed by atoms with van der Waals surface area (Å²) in [6.07, 6.45) is 5.17. The normalized spacial score (nSPS) is 16.1. The third kappa shape index (κ3) is 5.26. The molecular formula is C18H30N2. The van der Waals surface area contributed by atoms with Gasteiger partial charge in [0.05, 0.1) is 0 Å². The summed E-state index contributed by atoms with van der Waals surface area (Å²) in [4.78, 5) is 2.63. The van der Waals surface area contributed by atoms with Crippen molar-refractivity contribution in [3.63, 3.8) is 0 Å². The lowest BCUT2D eigenvalue weighted by atomic mass is 10.0. The molecular weight excluding hydrogens is 244 g/mol. The third-order valence-corrected chi connectivity index (χ3v) is 4.06. The van der Waals surface area contributed by atoms with Gasteiger partial charge in [-0.05, 0) is 68.9 Å². The average molecular weight is 274 g/mol. The molecule has 0 aliphatic carbocycles. The van der Waals surface area contributed by atoms with Gasteiger partial charge < -0.3 is 5.32 Å². The number of fused-ring (bicyclic) bond motifs is 1. The fourth-order valence-electron chi connectivity index (χ4n) is 2.94. The maximum atomic E-state index is 3.53. The molecule has 2 rings (SSSR count). The second-order valence-corrected chi connectivity index (χ2v) is 6.45. The summed E-state index contributed by atoms with van der Waals surface area (Å²) in [5, 5.41) is 3.53. The number of hydrogen-bond donors (Lipinski definition) is 1. The summed E-state index contributed by atoms with van der Waals surface area (Å²) in [5.41, 5.74) is 3.11. The third-order valence-electron chi connectivity index (χ3n) is 4.06. The van der Waals surface area contributed by atoms with Crippen molar-refractivity contribution in [3.05, 3.63) is 35.4 Å². The molecule has 112 valence electrons. The van der Waals surface area contributed by atoms with E-state index >= 15 is 0 Å². The van der Waals surface area contributed by atoms with E-state index in [-0.39, 0.29) is 0 Å². The molecule has 1 aromatic carbocycles. The fraction of sp³-hybridized carbons (Fsp3) is 0.667. The summed E-state index contributed by atoms with van der Waals surface area (Å²) in [6, 6.07) is 8.96. The molecule has 1 heterocycles. The molecule has 2 heteroatoms. The topological polar surface area (TPSA) is 15.3 Å². The van der Waals surface area contributed by atoms with Gasteiger partial charge >= 0.3 is 0 Å². The van der Waals surface area contributed by atoms with Crippen LogP contribution in [0.4, 0.5) is 0 Å². The highest BCUT2D eigenvalue weighted by Gasteiger charge is 2.13. The van der Waals surface area contributed by atoms with Crippen molar-refractivity contribution in [1.29, 1.82) is 0 Å². The van der Waals surface area contributed by atoms with Crippen molar-refractivity contribution in [1.82, 2.24) is 10.2 Å². The predicted molar refractivity (Wildman–Crippen MR) is 87.0 cm³/mol. The zero-order valence-corrected chi connectivity index (χ0v) is 13.2. The highest BCUT2D eigenvalue weighted by atomic mass is 15.1. The fourth-order valence-corrected chi connectivity index (χ4v) is 2.94. The second kappa shape index (κ2) is 8.43. The Morgan fingerprint density at radius 3 is 2.75 bits per heavy atom. The number of nitrogens with zero attached hydrogens (tertiary/aromatic N) is 1. The Labute approximate surface area is 124 Å². The first kappa shape index (κ1) is 15.5. The zero-order valence-electron chi connectivity index (χ0n) is 13.2.